The zero-order valence-corrected chi connectivity index (χ0v) is 6.55. The van der Waals surface area contributed by atoms with Crippen LogP contribution in [0.1, 0.15) is 19.3 Å². The Morgan fingerprint density at radius 3 is 3.10 bits per heavy atom. The minimum Gasteiger partial charge on any atom is -0.375 e. The third-order valence-corrected chi connectivity index (χ3v) is 2.76. The van der Waals surface area contributed by atoms with Gasteiger partial charge in [-0.2, -0.15) is 0 Å². The lowest BCUT2D eigenvalue weighted by molar-refractivity contribution is -0.0453. The summed E-state index contributed by atoms with van der Waals surface area (Å²) in [5.41, 5.74) is 0. The second-order valence-electron chi connectivity index (χ2n) is 3.39. The molecule has 2 rings (SSSR count). The van der Waals surface area contributed by atoms with Gasteiger partial charge >= 0.3 is 0 Å². The van der Waals surface area contributed by atoms with Crippen LogP contribution in [0.4, 0.5) is 0 Å². The van der Waals surface area contributed by atoms with Gasteiger partial charge < -0.3 is 4.74 Å². The Balaban J connectivity index is 2.03. The third kappa shape index (κ3) is 0.956. The lowest BCUT2D eigenvalue weighted by Crippen LogP contribution is -2.45. The smallest absolute Gasteiger partial charge is 0.0730 e. The van der Waals surface area contributed by atoms with E-state index in [1.807, 2.05) is 0 Å². The average Bonchev–Trinajstić information content (AvgIpc) is 2.36. The number of fused-ring (bicyclic) bond motifs is 1. The Labute approximate surface area is 62.2 Å². The Kier molecular flexibility index (Phi) is 1.66. The molecule has 2 nitrogen and oxygen atoms in total. The van der Waals surface area contributed by atoms with E-state index in [-0.39, 0.29) is 0 Å². The van der Waals surface area contributed by atoms with Gasteiger partial charge in [0.2, 0.25) is 0 Å². The lowest BCUT2D eigenvalue weighted by Gasteiger charge is -2.34. The molecule has 0 bridgehead atoms. The fraction of sp³-hybridized carbons (Fsp3) is 1.00. The number of hydrogen-bond donors (Lipinski definition) is 0. The molecule has 1 saturated carbocycles. The van der Waals surface area contributed by atoms with Crippen LogP contribution in [-0.2, 0) is 4.74 Å². The van der Waals surface area contributed by atoms with Crippen LogP contribution in [0.15, 0.2) is 0 Å². The Morgan fingerprint density at radius 1 is 1.40 bits per heavy atom. The SMILES string of the molecule is CN1CCOC2CCCC21. The molecule has 1 aliphatic heterocycles. The summed E-state index contributed by atoms with van der Waals surface area (Å²) < 4.78 is 5.63. The molecule has 10 heavy (non-hydrogen) atoms. The molecular formula is C8H15NO. The van der Waals surface area contributed by atoms with Crippen molar-refractivity contribution in [3.8, 4) is 0 Å². The summed E-state index contributed by atoms with van der Waals surface area (Å²) in [6.07, 6.45) is 4.56. The summed E-state index contributed by atoms with van der Waals surface area (Å²) in [5, 5.41) is 0. The van der Waals surface area contributed by atoms with Gasteiger partial charge in [-0.05, 0) is 26.3 Å². The van der Waals surface area contributed by atoms with Crippen molar-refractivity contribution in [1.29, 1.82) is 0 Å². The largest absolute Gasteiger partial charge is 0.375 e. The van der Waals surface area contributed by atoms with Crippen molar-refractivity contribution < 1.29 is 4.74 Å². The second kappa shape index (κ2) is 2.51. The summed E-state index contributed by atoms with van der Waals surface area (Å²) in [5.74, 6) is 0. The summed E-state index contributed by atoms with van der Waals surface area (Å²) in [7, 11) is 2.21. The Morgan fingerprint density at radius 2 is 2.30 bits per heavy atom. The first kappa shape index (κ1) is 6.62. The van der Waals surface area contributed by atoms with Crippen molar-refractivity contribution in [1.82, 2.24) is 4.90 Å². The van der Waals surface area contributed by atoms with Crippen LogP contribution < -0.4 is 0 Å². The first-order chi connectivity index (χ1) is 4.88. The van der Waals surface area contributed by atoms with Gasteiger partial charge in [-0.3, -0.25) is 4.90 Å². The zero-order chi connectivity index (χ0) is 6.97. The summed E-state index contributed by atoms with van der Waals surface area (Å²) in [6.45, 7) is 2.07. The number of rotatable bonds is 0. The highest BCUT2D eigenvalue weighted by Gasteiger charge is 2.33. The molecule has 1 aliphatic carbocycles. The Bertz CT molecular complexity index is 126. The van der Waals surface area contributed by atoms with E-state index >= 15 is 0 Å². The maximum absolute atomic E-state index is 5.63. The molecule has 2 fully saturated rings. The van der Waals surface area contributed by atoms with Crippen LogP contribution in [0, 0.1) is 0 Å². The minimum absolute atomic E-state index is 0.568. The summed E-state index contributed by atoms with van der Waals surface area (Å²) in [4.78, 5) is 2.45. The van der Waals surface area contributed by atoms with E-state index in [4.69, 9.17) is 4.74 Å². The molecule has 0 amide bonds. The molecule has 2 aliphatic rings. The molecule has 2 atom stereocenters. The van der Waals surface area contributed by atoms with Crippen molar-refractivity contribution in [2.45, 2.75) is 31.4 Å². The fourth-order valence-electron chi connectivity index (χ4n) is 2.12. The van der Waals surface area contributed by atoms with Gasteiger partial charge in [-0.1, -0.05) is 0 Å². The summed E-state index contributed by atoms with van der Waals surface area (Å²) in [6, 6.07) is 0.744. The molecule has 0 N–H and O–H groups in total. The monoisotopic (exact) mass is 141 g/mol. The molecule has 0 aromatic heterocycles. The topological polar surface area (TPSA) is 12.5 Å². The number of ether oxygens (including phenoxy) is 1. The zero-order valence-electron chi connectivity index (χ0n) is 6.55. The van der Waals surface area contributed by atoms with Crippen molar-refractivity contribution >= 4 is 0 Å². The number of nitrogens with zero attached hydrogens (tertiary/aromatic N) is 1. The van der Waals surface area contributed by atoms with E-state index < -0.39 is 0 Å². The van der Waals surface area contributed by atoms with Crippen LogP contribution in [0.3, 0.4) is 0 Å². The van der Waals surface area contributed by atoms with E-state index in [1.54, 1.807) is 0 Å². The van der Waals surface area contributed by atoms with Crippen LogP contribution >= 0.6 is 0 Å². The molecule has 0 aromatic rings. The van der Waals surface area contributed by atoms with Crippen molar-refractivity contribution in [3.05, 3.63) is 0 Å². The van der Waals surface area contributed by atoms with Gasteiger partial charge in [0.05, 0.1) is 12.7 Å². The number of likely N-dealkylation sites (N-methyl/N-ethyl adjacent to an activating group) is 1. The molecule has 1 saturated heterocycles. The average molecular weight is 141 g/mol. The van der Waals surface area contributed by atoms with Crippen LogP contribution in [0.25, 0.3) is 0 Å². The van der Waals surface area contributed by atoms with Crippen LogP contribution in [-0.4, -0.2) is 37.2 Å². The number of morpholine rings is 1. The molecular weight excluding hydrogens is 126 g/mol. The van der Waals surface area contributed by atoms with Crippen LogP contribution in [0.5, 0.6) is 0 Å². The predicted octanol–water partition coefficient (Wildman–Crippen LogP) is 0.869. The van der Waals surface area contributed by atoms with E-state index in [9.17, 15) is 0 Å². The lowest BCUT2D eigenvalue weighted by atomic mass is 10.1. The van der Waals surface area contributed by atoms with E-state index in [2.05, 4.69) is 11.9 Å². The van der Waals surface area contributed by atoms with Gasteiger partial charge in [0.25, 0.3) is 0 Å². The van der Waals surface area contributed by atoms with Gasteiger partial charge in [-0.25, -0.2) is 0 Å². The first-order valence-electron chi connectivity index (χ1n) is 4.20. The molecule has 0 aromatic carbocycles. The predicted molar refractivity (Wildman–Crippen MR) is 40.0 cm³/mol. The van der Waals surface area contributed by atoms with Crippen LogP contribution in [0.2, 0.25) is 0 Å². The highest BCUT2D eigenvalue weighted by Crippen LogP contribution is 2.28. The molecule has 2 unspecified atom stereocenters. The van der Waals surface area contributed by atoms with E-state index in [0.29, 0.717) is 6.10 Å². The normalized spacial score (nSPS) is 41.7. The quantitative estimate of drug-likeness (QED) is 0.496. The highest BCUT2D eigenvalue weighted by atomic mass is 16.5. The van der Waals surface area contributed by atoms with Gasteiger partial charge in [0.15, 0.2) is 0 Å². The minimum atomic E-state index is 0.568. The van der Waals surface area contributed by atoms with Crippen molar-refractivity contribution in [2.75, 3.05) is 20.2 Å². The standard InChI is InChI=1S/C8H15NO/c1-9-5-6-10-8-4-2-3-7(8)9/h7-8H,2-6H2,1H3. The molecule has 0 spiro atoms. The van der Waals surface area contributed by atoms with Gasteiger partial charge in [0.1, 0.15) is 0 Å². The van der Waals surface area contributed by atoms with Gasteiger partial charge in [-0.15, -0.1) is 0 Å². The number of hydrogen-bond acceptors (Lipinski definition) is 2. The summed E-state index contributed by atoms with van der Waals surface area (Å²) >= 11 is 0. The second-order valence-corrected chi connectivity index (χ2v) is 3.39. The van der Waals surface area contributed by atoms with E-state index in [0.717, 1.165) is 19.2 Å². The fourth-order valence-corrected chi connectivity index (χ4v) is 2.12. The molecule has 58 valence electrons. The van der Waals surface area contributed by atoms with Crippen molar-refractivity contribution in [2.24, 2.45) is 0 Å². The molecule has 1 heterocycles. The molecule has 2 heteroatoms. The maximum Gasteiger partial charge on any atom is 0.0730 e. The third-order valence-electron chi connectivity index (χ3n) is 2.76. The highest BCUT2D eigenvalue weighted by molar-refractivity contribution is 4.87. The Hall–Kier alpha value is -0.0800. The van der Waals surface area contributed by atoms with Crippen molar-refractivity contribution in [3.63, 3.8) is 0 Å². The first-order valence-corrected chi connectivity index (χ1v) is 4.20. The maximum atomic E-state index is 5.63. The molecule has 0 radical (unpaired) electrons. The van der Waals surface area contributed by atoms with E-state index in [1.165, 1.54) is 19.3 Å². The van der Waals surface area contributed by atoms with Gasteiger partial charge in [0, 0.05) is 12.6 Å².